The van der Waals surface area contributed by atoms with E-state index >= 15 is 0 Å². The first-order valence-electron chi connectivity index (χ1n) is 8.13. The molecule has 1 rings (SSSR count). The molecule has 0 aliphatic rings. The van der Waals surface area contributed by atoms with Crippen molar-refractivity contribution in [1.82, 2.24) is 0 Å². The van der Waals surface area contributed by atoms with Gasteiger partial charge in [-0.3, -0.25) is 0 Å². The Labute approximate surface area is 119 Å². The molecular weight excluding hydrogens is 234 g/mol. The van der Waals surface area contributed by atoms with Gasteiger partial charge in [0, 0.05) is 0 Å². The molecule has 0 unspecified atom stereocenters. The van der Waals surface area contributed by atoms with Gasteiger partial charge in [0.25, 0.3) is 0 Å². The monoisotopic (exact) mass is 266 g/mol. The Kier molecular flexibility index (Phi) is 7.88. The molecule has 110 valence electrons. The van der Waals surface area contributed by atoms with Gasteiger partial charge in [-0.05, 0) is 31.4 Å². The molecule has 0 saturated carbocycles. The second kappa shape index (κ2) is 9.19. The number of unbranched alkanes of at least 4 members (excludes halogenated alkanes) is 3. The van der Waals surface area contributed by atoms with Crippen LogP contribution in [0.2, 0.25) is 0 Å². The van der Waals surface area contributed by atoms with Gasteiger partial charge in [0.2, 0.25) is 0 Å². The summed E-state index contributed by atoms with van der Waals surface area (Å²) in [6, 6.07) is 4.15. The zero-order chi connectivity index (χ0) is 14.0. The van der Waals surface area contributed by atoms with Gasteiger partial charge in [0.05, 0.1) is 25.9 Å². The number of furan rings is 1. The first-order valence-corrected chi connectivity index (χ1v) is 8.13. The molecule has 0 amide bonds. The molecule has 0 aliphatic carbocycles. The molecule has 0 radical (unpaired) electrons. The third-order valence-corrected chi connectivity index (χ3v) is 4.03. The van der Waals surface area contributed by atoms with E-state index in [9.17, 15) is 0 Å². The number of hydrogen-bond acceptors (Lipinski definition) is 1. The van der Waals surface area contributed by atoms with Crippen LogP contribution in [0.1, 0.15) is 65.1 Å². The van der Waals surface area contributed by atoms with E-state index in [4.69, 9.17) is 4.42 Å². The minimum atomic E-state index is 1.08. The molecule has 0 aromatic carbocycles. The molecule has 1 heterocycles. The lowest BCUT2D eigenvalue weighted by Crippen LogP contribution is -2.49. The van der Waals surface area contributed by atoms with Crippen molar-refractivity contribution in [2.75, 3.05) is 19.6 Å². The maximum absolute atomic E-state index is 5.61. The molecule has 19 heavy (non-hydrogen) atoms. The summed E-state index contributed by atoms with van der Waals surface area (Å²) in [5, 5.41) is 0. The van der Waals surface area contributed by atoms with E-state index in [1.807, 2.05) is 12.3 Å². The highest BCUT2D eigenvalue weighted by molar-refractivity contribution is 4.96. The fourth-order valence-electron chi connectivity index (χ4n) is 2.79. The van der Waals surface area contributed by atoms with Crippen molar-refractivity contribution in [3.63, 3.8) is 0 Å². The standard InChI is InChI=1S/C17H32NO/c1-4-7-12-18(13-8-5-2,14-9-6-3)16-17-11-10-15-19-17/h10-11,15H,4-9,12-14,16H2,1-3H3/q+1. The summed E-state index contributed by atoms with van der Waals surface area (Å²) in [5.74, 6) is 1.16. The summed E-state index contributed by atoms with van der Waals surface area (Å²) >= 11 is 0. The van der Waals surface area contributed by atoms with Crippen LogP contribution < -0.4 is 0 Å². The largest absolute Gasteiger partial charge is 0.463 e. The maximum Gasteiger partial charge on any atom is 0.158 e. The summed E-state index contributed by atoms with van der Waals surface area (Å²) < 4.78 is 6.84. The van der Waals surface area contributed by atoms with Crippen LogP contribution in [-0.2, 0) is 6.54 Å². The number of rotatable bonds is 11. The van der Waals surface area contributed by atoms with Crippen LogP contribution in [0.25, 0.3) is 0 Å². The fourth-order valence-corrected chi connectivity index (χ4v) is 2.79. The molecule has 0 fully saturated rings. The maximum atomic E-state index is 5.61. The molecular formula is C17H32NO+. The van der Waals surface area contributed by atoms with Gasteiger partial charge in [-0.1, -0.05) is 40.0 Å². The summed E-state index contributed by atoms with van der Waals surface area (Å²) in [6.45, 7) is 11.9. The molecule has 0 atom stereocenters. The SMILES string of the molecule is CCCC[N+](CCCC)(CCCC)Cc1ccco1. The van der Waals surface area contributed by atoms with Crippen LogP contribution >= 0.6 is 0 Å². The first-order chi connectivity index (χ1) is 9.26. The highest BCUT2D eigenvalue weighted by Gasteiger charge is 2.27. The summed E-state index contributed by atoms with van der Waals surface area (Å²) in [4.78, 5) is 0. The van der Waals surface area contributed by atoms with E-state index in [0.717, 1.165) is 12.3 Å². The molecule has 1 aromatic heterocycles. The molecule has 1 aromatic rings. The normalized spacial score (nSPS) is 11.9. The molecule has 2 nitrogen and oxygen atoms in total. The van der Waals surface area contributed by atoms with Crippen molar-refractivity contribution in [1.29, 1.82) is 0 Å². The van der Waals surface area contributed by atoms with Gasteiger partial charge in [0.15, 0.2) is 5.76 Å². The summed E-state index contributed by atoms with van der Waals surface area (Å²) in [6.07, 6.45) is 9.66. The summed E-state index contributed by atoms with van der Waals surface area (Å²) in [7, 11) is 0. The quantitative estimate of drug-likeness (QED) is 0.514. The van der Waals surface area contributed by atoms with Crippen molar-refractivity contribution in [2.24, 2.45) is 0 Å². The zero-order valence-corrected chi connectivity index (χ0v) is 13.2. The molecule has 0 saturated heterocycles. The Morgan fingerprint density at radius 1 is 0.895 bits per heavy atom. The lowest BCUT2D eigenvalue weighted by atomic mass is 10.1. The fraction of sp³-hybridized carbons (Fsp3) is 0.765. The number of hydrogen-bond donors (Lipinski definition) is 0. The number of quaternary nitrogens is 1. The third-order valence-electron chi connectivity index (χ3n) is 4.03. The van der Waals surface area contributed by atoms with Crippen molar-refractivity contribution < 1.29 is 8.90 Å². The Morgan fingerprint density at radius 3 is 1.79 bits per heavy atom. The first kappa shape index (κ1) is 16.3. The second-order valence-corrected chi connectivity index (χ2v) is 5.81. The Balaban J connectivity index is 2.74. The van der Waals surface area contributed by atoms with E-state index in [-0.39, 0.29) is 0 Å². The van der Waals surface area contributed by atoms with Crippen LogP contribution in [-0.4, -0.2) is 24.1 Å². The smallest absolute Gasteiger partial charge is 0.158 e. The Hall–Kier alpha value is -0.760. The van der Waals surface area contributed by atoms with E-state index in [1.54, 1.807) is 0 Å². The van der Waals surface area contributed by atoms with Crippen LogP contribution in [0.5, 0.6) is 0 Å². The Bertz CT molecular complexity index is 283. The minimum Gasteiger partial charge on any atom is -0.463 e. The summed E-state index contributed by atoms with van der Waals surface area (Å²) in [5.41, 5.74) is 0. The van der Waals surface area contributed by atoms with Gasteiger partial charge in [0.1, 0.15) is 6.54 Å². The zero-order valence-electron chi connectivity index (χ0n) is 13.2. The van der Waals surface area contributed by atoms with Gasteiger partial charge in [-0.2, -0.15) is 0 Å². The van der Waals surface area contributed by atoms with Crippen molar-refractivity contribution in [3.05, 3.63) is 24.2 Å². The predicted octanol–water partition coefficient (Wildman–Crippen LogP) is 5.00. The van der Waals surface area contributed by atoms with Gasteiger partial charge >= 0.3 is 0 Å². The van der Waals surface area contributed by atoms with E-state index in [2.05, 4.69) is 26.8 Å². The van der Waals surface area contributed by atoms with Crippen molar-refractivity contribution in [2.45, 2.75) is 65.8 Å². The highest BCUT2D eigenvalue weighted by Crippen LogP contribution is 2.20. The van der Waals surface area contributed by atoms with Gasteiger partial charge in [-0.25, -0.2) is 0 Å². The molecule has 0 bridgehead atoms. The molecule has 2 heteroatoms. The van der Waals surface area contributed by atoms with E-state index in [0.29, 0.717) is 0 Å². The van der Waals surface area contributed by atoms with Crippen LogP contribution in [0.4, 0.5) is 0 Å². The lowest BCUT2D eigenvalue weighted by Gasteiger charge is -2.38. The lowest BCUT2D eigenvalue weighted by molar-refractivity contribution is -0.942. The van der Waals surface area contributed by atoms with Gasteiger partial charge < -0.3 is 8.90 Å². The predicted molar refractivity (Wildman–Crippen MR) is 82.0 cm³/mol. The average molecular weight is 266 g/mol. The number of nitrogens with zero attached hydrogens (tertiary/aromatic N) is 1. The van der Waals surface area contributed by atoms with Crippen molar-refractivity contribution in [3.8, 4) is 0 Å². The second-order valence-electron chi connectivity index (χ2n) is 5.81. The molecule has 0 spiro atoms. The van der Waals surface area contributed by atoms with E-state index < -0.39 is 0 Å². The topological polar surface area (TPSA) is 13.1 Å². The van der Waals surface area contributed by atoms with Crippen molar-refractivity contribution >= 4 is 0 Å². The molecule has 0 aliphatic heterocycles. The highest BCUT2D eigenvalue weighted by atomic mass is 16.3. The average Bonchev–Trinajstić information content (AvgIpc) is 2.93. The minimum absolute atomic E-state index is 1.08. The van der Waals surface area contributed by atoms with Gasteiger partial charge in [-0.15, -0.1) is 0 Å². The Morgan fingerprint density at radius 2 is 1.42 bits per heavy atom. The van der Waals surface area contributed by atoms with Crippen LogP contribution in [0.15, 0.2) is 22.8 Å². The molecule has 0 N–H and O–H groups in total. The van der Waals surface area contributed by atoms with E-state index in [1.165, 1.54) is 62.6 Å². The van der Waals surface area contributed by atoms with Crippen LogP contribution in [0.3, 0.4) is 0 Å². The third kappa shape index (κ3) is 5.82. The van der Waals surface area contributed by atoms with Crippen LogP contribution in [0, 0.1) is 0 Å².